The molecule has 7 nitrogen and oxygen atoms in total. The van der Waals surface area contributed by atoms with Crippen LogP contribution in [-0.4, -0.2) is 58.6 Å². The van der Waals surface area contributed by atoms with Crippen LogP contribution in [0.5, 0.6) is 0 Å². The van der Waals surface area contributed by atoms with Gasteiger partial charge in [0.2, 0.25) is 0 Å². The van der Waals surface area contributed by atoms with E-state index < -0.39 is 12.0 Å². The molecule has 28 heavy (non-hydrogen) atoms. The van der Waals surface area contributed by atoms with E-state index in [-0.39, 0.29) is 12.1 Å². The van der Waals surface area contributed by atoms with Gasteiger partial charge in [-0.2, -0.15) is 11.8 Å². The van der Waals surface area contributed by atoms with Crippen molar-refractivity contribution in [3.63, 3.8) is 0 Å². The SMILES string of the molecule is COC(=O)[C@@H](CCSC)NC(=O)N1CCc2[nH]cnc2[C@H]1c1cccc(Cl)c1. The van der Waals surface area contributed by atoms with Crippen molar-refractivity contribution >= 4 is 35.4 Å². The van der Waals surface area contributed by atoms with Crippen LogP contribution < -0.4 is 5.32 Å². The molecule has 0 spiro atoms. The Bertz CT molecular complexity index is 844. The number of nitrogens with one attached hydrogen (secondary N) is 2. The fourth-order valence-electron chi connectivity index (χ4n) is 3.37. The van der Waals surface area contributed by atoms with E-state index in [1.54, 1.807) is 29.1 Å². The predicted octanol–water partition coefficient (Wildman–Crippen LogP) is 3.01. The first-order valence-electron chi connectivity index (χ1n) is 8.96. The van der Waals surface area contributed by atoms with Gasteiger partial charge in [0, 0.05) is 23.7 Å². The maximum atomic E-state index is 13.1. The van der Waals surface area contributed by atoms with Crippen LogP contribution >= 0.6 is 23.4 Å². The van der Waals surface area contributed by atoms with E-state index in [1.165, 1.54) is 7.11 Å². The molecular weight excluding hydrogens is 400 g/mol. The summed E-state index contributed by atoms with van der Waals surface area (Å²) >= 11 is 7.79. The van der Waals surface area contributed by atoms with E-state index >= 15 is 0 Å². The Hall–Kier alpha value is -2.19. The molecule has 1 aromatic heterocycles. The Balaban J connectivity index is 1.88. The van der Waals surface area contributed by atoms with Crippen LogP contribution in [0.3, 0.4) is 0 Å². The zero-order chi connectivity index (χ0) is 20.1. The fraction of sp³-hybridized carbons (Fsp3) is 0.421. The van der Waals surface area contributed by atoms with Crippen molar-refractivity contribution in [3.8, 4) is 0 Å². The predicted molar refractivity (Wildman–Crippen MR) is 110 cm³/mol. The summed E-state index contributed by atoms with van der Waals surface area (Å²) in [7, 11) is 1.33. The molecule has 2 amide bonds. The molecule has 0 unspecified atom stereocenters. The number of amides is 2. The lowest BCUT2D eigenvalue weighted by molar-refractivity contribution is -0.142. The highest BCUT2D eigenvalue weighted by Crippen LogP contribution is 2.34. The minimum Gasteiger partial charge on any atom is -0.467 e. The van der Waals surface area contributed by atoms with Gasteiger partial charge in [0.05, 0.1) is 19.1 Å². The number of benzene rings is 1. The van der Waals surface area contributed by atoms with E-state index in [0.29, 0.717) is 24.4 Å². The molecule has 0 bridgehead atoms. The summed E-state index contributed by atoms with van der Waals surface area (Å²) in [6.45, 7) is 0.495. The van der Waals surface area contributed by atoms with E-state index in [2.05, 4.69) is 15.3 Å². The first-order valence-corrected chi connectivity index (χ1v) is 10.7. The Morgan fingerprint density at radius 2 is 2.32 bits per heavy atom. The minimum absolute atomic E-state index is 0.324. The van der Waals surface area contributed by atoms with Crippen LogP contribution in [0, 0.1) is 0 Å². The number of rotatable bonds is 6. The average molecular weight is 423 g/mol. The molecule has 1 aromatic carbocycles. The van der Waals surface area contributed by atoms with E-state index in [1.807, 2.05) is 24.5 Å². The fourth-order valence-corrected chi connectivity index (χ4v) is 4.04. The number of fused-ring (bicyclic) bond motifs is 1. The van der Waals surface area contributed by atoms with Gasteiger partial charge in [-0.25, -0.2) is 14.6 Å². The summed E-state index contributed by atoms with van der Waals surface area (Å²) in [4.78, 5) is 34.5. The van der Waals surface area contributed by atoms with Crippen LogP contribution in [0.1, 0.15) is 29.4 Å². The molecule has 150 valence electrons. The van der Waals surface area contributed by atoms with Crippen molar-refractivity contribution in [3.05, 3.63) is 52.6 Å². The van der Waals surface area contributed by atoms with Crippen molar-refractivity contribution in [2.75, 3.05) is 25.7 Å². The smallest absolute Gasteiger partial charge is 0.328 e. The number of aromatic amines is 1. The first kappa shape index (κ1) is 20.5. The number of esters is 1. The number of methoxy groups -OCH3 is 1. The zero-order valence-corrected chi connectivity index (χ0v) is 17.3. The highest BCUT2D eigenvalue weighted by atomic mass is 35.5. The monoisotopic (exact) mass is 422 g/mol. The summed E-state index contributed by atoms with van der Waals surface area (Å²) in [5.74, 6) is 0.292. The Morgan fingerprint density at radius 3 is 3.04 bits per heavy atom. The van der Waals surface area contributed by atoms with E-state index in [0.717, 1.165) is 22.7 Å². The number of carbonyl (C=O) groups excluding carboxylic acids is 2. The molecule has 2 aromatic rings. The largest absolute Gasteiger partial charge is 0.467 e. The molecular formula is C19H23ClN4O3S. The standard InChI is InChI=1S/C19H23ClN4O3S/c1-27-18(25)15(7-9-28-2)23-19(26)24-8-6-14-16(22-11-21-14)17(24)12-4-3-5-13(20)10-12/h3-5,10-11,15,17H,6-9H2,1-2H3,(H,21,22)(H,23,26)/t15-,17-/m1/s1. The van der Waals surface area contributed by atoms with Gasteiger partial charge in [0.25, 0.3) is 0 Å². The van der Waals surface area contributed by atoms with Crippen molar-refractivity contribution < 1.29 is 14.3 Å². The number of ether oxygens (including phenoxy) is 1. The molecule has 0 radical (unpaired) electrons. The van der Waals surface area contributed by atoms with Crippen molar-refractivity contribution in [2.45, 2.75) is 24.9 Å². The van der Waals surface area contributed by atoms with Crippen LogP contribution in [0.15, 0.2) is 30.6 Å². The number of halogens is 1. The molecule has 3 rings (SSSR count). The van der Waals surface area contributed by atoms with Crippen molar-refractivity contribution in [1.82, 2.24) is 20.2 Å². The lowest BCUT2D eigenvalue weighted by atomic mass is 9.96. The van der Waals surface area contributed by atoms with Crippen molar-refractivity contribution in [2.24, 2.45) is 0 Å². The van der Waals surface area contributed by atoms with Gasteiger partial charge in [-0.1, -0.05) is 23.7 Å². The molecule has 9 heteroatoms. The lowest BCUT2D eigenvalue weighted by Crippen LogP contribution is -2.51. The van der Waals surface area contributed by atoms with Gasteiger partial charge in [-0.15, -0.1) is 0 Å². The number of nitrogens with zero attached hydrogens (tertiary/aromatic N) is 2. The normalized spacial score (nSPS) is 17.0. The molecule has 0 aliphatic carbocycles. The van der Waals surface area contributed by atoms with Crippen LogP contribution in [0.4, 0.5) is 4.79 Å². The number of H-pyrrole nitrogens is 1. The molecule has 0 saturated heterocycles. The number of aromatic nitrogens is 2. The maximum absolute atomic E-state index is 13.1. The maximum Gasteiger partial charge on any atom is 0.328 e. The minimum atomic E-state index is -0.689. The number of urea groups is 1. The van der Waals surface area contributed by atoms with Gasteiger partial charge in [0.15, 0.2) is 0 Å². The zero-order valence-electron chi connectivity index (χ0n) is 15.8. The van der Waals surface area contributed by atoms with Crippen LogP contribution in [0.25, 0.3) is 0 Å². The number of carbonyl (C=O) groups is 2. The molecule has 0 saturated carbocycles. The molecule has 2 atom stereocenters. The third-order valence-corrected chi connectivity index (χ3v) is 5.62. The number of imidazole rings is 1. The first-order chi connectivity index (χ1) is 13.5. The second kappa shape index (κ2) is 9.34. The summed E-state index contributed by atoms with van der Waals surface area (Å²) < 4.78 is 4.85. The summed E-state index contributed by atoms with van der Waals surface area (Å²) in [5, 5.41) is 3.43. The third-order valence-electron chi connectivity index (χ3n) is 4.74. The van der Waals surface area contributed by atoms with Gasteiger partial charge in [-0.05, 0) is 36.1 Å². The summed E-state index contributed by atoms with van der Waals surface area (Å²) in [5.41, 5.74) is 2.66. The number of thioether (sulfide) groups is 1. The Kier molecular flexibility index (Phi) is 6.85. The topological polar surface area (TPSA) is 87.3 Å². The molecule has 0 fully saturated rings. The second-order valence-electron chi connectivity index (χ2n) is 6.47. The quantitative estimate of drug-likeness (QED) is 0.699. The third kappa shape index (κ3) is 4.44. The number of hydrogen-bond donors (Lipinski definition) is 2. The highest BCUT2D eigenvalue weighted by Gasteiger charge is 2.35. The number of hydrogen-bond acceptors (Lipinski definition) is 5. The Labute approximate surface area is 173 Å². The van der Waals surface area contributed by atoms with Gasteiger partial charge in [0.1, 0.15) is 12.1 Å². The molecule has 1 aliphatic heterocycles. The van der Waals surface area contributed by atoms with Crippen molar-refractivity contribution in [1.29, 1.82) is 0 Å². The summed E-state index contributed by atoms with van der Waals surface area (Å²) in [6.07, 6.45) is 4.75. The summed E-state index contributed by atoms with van der Waals surface area (Å²) in [6, 6.07) is 6.01. The second-order valence-corrected chi connectivity index (χ2v) is 7.90. The molecule has 1 aliphatic rings. The van der Waals surface area contributed by atoms with E-state index in [4.69, 9.17) is 16.3 Å². The van der Waals surface area contributed by atoms with Gasteiger partial charge in [-0.3, -0.25) is 0 Å². The highest BCUT2D eigenvalue weighted by molar-refractivity contribution is 7.98. The van der Waals surface area contributed by atoms with Gasteiger partial charge < -0.3 is 19.9 Å². The molecule has 2 N–H and O–H groups in total. The van der Waals surface area contributed by atoms with E-state index in [9.17, 15) is 9.59 Å². The molecule has 2 heterocycles. The average Bonchev–Trinajstić information content (AvgIpc) is 3.18. The van der Waals surface area contributed by atoms with Gasteiger partial charge >= 0.3 is 12.0 Å². The van der Waals surface area contributed by atoms with Crippen LogP contribution in [0.2, 0.25) is 5.02 Å². The van der Waals surface area contributed by atoms with Crippen LogP contribution in [-0.2, 0) is 16.0 Å². The lowest BCUT2D eigenvalue weighted by Gasteiger charge is -2.36. The Morgan fingerprint density at radius 1 is 1.50 bits per heavy atom.